The molecular formula is C21H18N2O5S2. The van der Waals surface area contributed by atoms with Crippen LogP contribution in [-0.4, -0.2) is 34.0 Å². The lowest BCUT2D eigenvalue weighted by Gasteiger charge is -2.08. The first kappa shape index (κ1) is 21.4. The first-order valence-corrected chi connectivity index (χ1v) is 12.1. The second kappa shape index (κ2) is 8.60. The Balaban J connectivity index is 1.76. The van der Waals surface area contributed by atoms with Crippen molar-refractivity contribution in [3.8, 4) is 0 Å². The fourth-order valence-electron chi connectivity index (χ4n) is 2.56. The lowest BCUT2D eigenvalue weighted by atomic mass is 10.2. The SMILES string of the molecule is CS(=O)(=O)c1cccc(S(=O)(=O)c2ccc(NC(=O)C=Cc3cccnc3)cc2)c1. The maximum Gasteiger partial charge on any atom is 0.248 e. The highest BCUT2D eigenvalue weighted by Gasteiger charge is 2.19. The molecule has 0 aliphatic rings. The maximum absolute atomic E-state index is 12.8. The van der Waals surface area contributed by atoms with Crippen molar-refractivity contribution in [1.29, 1.82) is 0 Å². The highest BCUT2D eigenvalue weighted by Crippen LogP contribution is 2.24. The average Bonchev–Trinajstić information content (AvgIpc) is 2.73. The molecule has 7 nitrogen and oxygen atoms in total. The van der Waals surface area contributed by atoms with Gasteiger partial charge < -0.3 is 5.32 Å². The Hall–Kier alpha value is -3.30. The van der Waals surface area contributed by atoms with Crippen LogP contribution in [0.4, 0.5) is 5.69 Å². The van der Waals surface area contributed by atoms with Gasteiger partial charge >= 0.3 is 0 Å². The summed E-state index contributed by atoms with van der Waals surface area (Å²) in [6.45, 7) is 0. The summed E-state index contributed by atoms with van der Waals surface area (Å²) in [5.41, 5.74) is 1.19. The Morgan fingerprint density at radius 3 is 2.23 bits per heavy atom. The van der Waals surface area contributed by atoms with Crippen molar-refractivity contribution < 1.29 is 21.6 Å². The van der Waals surface area contributed by atoms with Crippen molar-refractivity contribution in [2.45, 2.75) is 14.7 Å². The largest absolute Gasteiger partial charge is 0.323 e. The first-order chi connectivity index (χ1) is 14.2. The number of carbonyl (C=O) groups excluding carboxylic acids is 1. The van der Waals surface area contributed by atoms with E-state index in [1.807, 2.05) is 0 Å². The molecule has 0 radical (unpaired) electrons. The maximum atomic E-state index is 12.8. The normalized spacial score (nSPS) is 12.0. The summed E-state index contributed by atoms with van der Waals surface area (Å²) in [5, 5.41) is 2.64. The molecule has 1 aromatic heterocycles. The number of hydrogen-bond acceptors (Lipinski definition) is 6. The quantitative estimate of drug-likeness (QED) is 0.588. The van der Waals surface area contributed by atoms with Crippen molar-refractivity contribution in [2.24, 2.45) is 0 Å². The predicted molar refractivity (Wildman–Crippen MR) is 113 cm³/mol. The summed E-state index contributed by atoms with van der Waals surface area (Å²) in [6.07, 6.45) is 7.21. The zero-order valence-electron chi connectivity index (χ0n) is 15.9. The van der Waals surface area contributed by atoms with Gasteiger partial charge in [-0.3, -0.25) is 9.78 Å². The van der Waals surface area contributed by atoms with Crippen LogP contribution in [0, 0.1) is 0 Å². The van der Waals surface area contributed by atoms with E-state index >= 15 is 0 Å². The molecule has 9 heteroatoms. The molecule has 0 atom stereocenters. The number of rotatable bonds is 6. The molecule has 0 unspecified atom stereocenters. The summed E-state index contributed by atoms with van der Waals surface area (Å²) in [5.74, 6) is -0.379. The van der Waals surface area contributed by atoms with Crippen LogP contribution in [0.5, 0.6) is 0 Å². The molecule has 3 aromatic rings. The smallest absolute Gasteiger partial charge is 0.248 e. The number of anilines is 1. The summed E-state index contributed by atoms with van der Waals surface area (Å²) in [6, 6.07) is 14.4. The van der Waals surface area contributed by atoms with Crippen molar-refractivity contribution in [3.63, 3.8) is 0 Å². The minimum atomic E-state index is -3.91. The van der Waals surface area contributed by atoms with Crippen LogP contribution in [-0.2, 0) is 24.5 Å². The van der Waals surface area contributed by atoms with Crippen molar-refractivity contribution in [2.75, 3.05) is 11.6 Å². The number of nitrogens with one attached hydrogen (secondary N) is 1. The van der Waals surface area contributed by atoms with E-state index < -0.39 is 19.7 Å². The third-order valence-electron chi connectivity index (χ3n) is 4.09. The fraction of sp³-hybridized carbons (Fsp3) is 0.0476. The van der Waals surface area contributed by atoms with Gasteiger partial charge in [-0.15, -0.1) is 0 Å². The Labute approximate surface area is 174 Å². The van der Waals surface area contributed by atoms with Crippen LogP contribution in [0.15, 0.2) is 93.8 Å². The van der Waals surface area contributed by atoms with Gasteiger partial charge in [0, 0.05) is 30.4 Å². The number of carbonyl (C=O) groups is 1. The highest BCUT2D eigenvalue weighted by molar-refractivity contribution is 7.92. The van der Waals surface area contributed by atoms with Crippen molar-refractivity contribution in [1.82, 2.24) is 4.98 Å². The second-order valence-corrected chi connectivity index (χ2v) is 10.3. The Bertz CT molecular complexity index is 1300. The number of benzene rings is 2. The third kappa shape index (κ3) is 5.19. The van der Waals surface area contributed by atoms with Crippen LogP contribution in [0.2, 0.25) is 0 Å². The molecule has 1 amide bonds. The third-order valence-corrected chi connectivity index (χ3v) is 6.97. The first-order valence-electron chi connectivity index (χ1n) is 8.71. The monoisotopic (exact) mass is 442 g/mol. The highest BCUT2D eigenvalue weighted by atomic mass is 32.2. The molecule has 2 aromatic carbocycles. The molecular weight excluding hydrogens is 424 g/mol. The number of sulfone groups is 2. The van der Waals surface area contributed by atoms with Gasteiger partial charge in [0.2, 0.25) is 15.7 Å². The molecule has 0 aliphatic heterocycles. The van der Waals surface area contributed by atoms with E-state index in [2.05, 4.69) is 10.3 Å². The molecule has 3 rings (SSSR count). The van der Waals surface area contributed by atoms with Crippen molar-refractivity contribution >= 4 is 37.3 Å². The van der Waals surface area contributed by atoms with Crippen LogP contribution in [0.1, 0.15) is 5.56 Å². The van der Waals surface area contributed by atoms with Gasteiger partial charge in [-0.05, 0) is 60.2 Å². The molecule has 1 N–H and O–H groups in total. The summed E-state index contributed by atoms with van der Waals surface area (Å²) in [7, 11) is -7.45. The summed E-state index contributed by atoms with van der Waals surface area (Å²) in [4.78, 5) is 15.8. The van der Waals surface area contributed by atoms with E-state index in [0.29, 0.717) is 5.69 Å². The minimum Gasteiger partial charge on any atom is -0.323 e. The van der Waals surface area contributed by atoms with E-state index in [0.717, 1.165) is 17.9 Å². The van der Waals surface area contributed by atoms with Gasteiger partial charge in [0.1, 0.15) is 0 Å². The lowest BCUT2D eigenvalue weighted by molar-refractivity contribution is -0.111. The zero-order chi connectivity index (χ0) is 21.8. The Morgan fingerprint density at radius 1 is 0.900 bits per heavy atom. The van der Waals surface area contributed by atoms with Gasteiger partial charge in [-0.1, -0.05) is 12.1 Å². The van der Waals surface area contributed by atoms with E-state index in [1.165, 1.54) is 48.5 Å². The number of amides is 1. The molecule has 0 fully saturated rings. The second-order valence-electron chi connectivity index (χ2n) is 6.38. The van der Waals surface area contributed by atoms with E-state index in [-0.39, 0.29) is 20.6 Å². The lowest BCUT2D eigenvalue weighted by Crippen LogP contribution is -2.08. The molecule has 30 heavy (non-hydrogen) atoms. The number of aromatic nitrogens is 1. The zero-order valence-corrected chi connectivity index (χ0v) is 17.5. The van der Waals surface area contributed by atoms with Gasteiger partial charge in [0.05, 0.1) is 14.7 Å². The molecule has 0 bridgehead atoms. The minimum absolute atomic E-state index is 0.0166. The Kier molecular flexibility index (Phi) is 6.14. The van der Waals surface area contributed by atoms with Crippen LogP contribution in [0.3, 0.4) is 0 Å². The molecule has 154 valence electrons. The molecule has 0 spiro atoms. The standard InChI is InChI=1S/C21H18N2O5S2/c1-29(25,26)19-5-2-6-20(14-19)30(27,28)18-10-8-17(9-11-18)23-21(24)12-7-16-4-3-13-22-15-16/h2-15H,1H3,(H,23,24). The fourth-order valence-corrected chi connectivity index (χ4v) is 4.60. The number of nitrogens with zero attached hydrogens (tertiary/aromatic N) is 1. The van der Waals surface area contributed by atoms with Crippen LogP contribution < -0.4 is 5.32 Å². The van der Waals surface area contributed by atoms with Crippen LogP contribution in [0.25, 0.3) is 6.08 Å². The molecule has 1 heterocycles. The molecule has 0 saturated heterocycles. The summed E-state index contributed by atoms with van der Waals surface area (Å²) >= 11 is 0. The van der Waals surface area contributed by atoms with E-state index in [1.54, 1.807) is 30.6 Å². The van der Waals surface area contributed by atoms with Gasteiger partial charge in [0.25, 0.3) is 0 Å². The van der Waals surface area contributed by atoms with Gasteiger partial charge in [-0.2, -0.15) is 0 Å². The van der Waals surface area contributed by atoms with E-state index in [9.17, 15) is 21.6 Å². The van der Waals surface area contributed by atoms with Gasteiger partial charge in [0.15, 0.2) is 9.84 Å². The molecule has 0 aliphatic carbocycles. The Morgan fingerprint density at radius 2 is 1.60 bits per heavy atom. The van der Waals surface area contributed by atoms with Crippen LogP contribution >= 0.6 is 0 Å². The number of pyridine rings is 1. The van der Waals surface area contributed by atoms with Crippen molar-refractivity contribution in [3.05, 3.63) is 84.7 Å². The predicted octanol–water partition coefficient (Wildman–Crippen LogP) is 2.97. The van der Waals surface area contributed by atoms with E-state index in [4.69, 9.17) is 0 Å². The summed E-state index contributed by atoms with van der Waals surface area (Å²) < 4.78 is 49.0. The topological polar surface area (TPSA) is 110 Å². The van der Waals surface area contributed by atoms with Gasteiger partial charge in [-0.25, -0.2) is 16.8 Å². The average molecular weight is 443 g/mol. The molecule has 0 saturated carbocycles. The number of hydrogen-bond donors (Lipinski definition) is 1.